The first-order valence-corrected chi connectivity index (χ1v) is 8.46. The summed E-state index contributed by atoms with van der Waals surface area (Å²) in [4.78, 5) is 19.3. The molecule has 1 aromatic rings. The zero-order valence-electron chi connectivity index (χ0n) is 13.7. The Bertz CT molecular complexity index is 742. The number of aryl methyl sites for hydroxylation is 1. The molecule has 3 aliphatic rings. The maximum absolute atomic E-state index is 12.2. The first-order valence-electron chi connectivity index (χ1n) is 8.46. The van der Waals surface area contributed by atoms with Gasteiger partial charge in [0.15, 0.2) is 0 Å². The van der Waals surface area contributed by atoms with Gasteiger partial charge in [-0.1, -0.05) is 23.2 Å². The molecule has 0 spiro atoms. The van der Waals surface area contributed by atoms with E-state index in [0.29, 0.717) is 19.1 Å². The molecule has 1 amide bonds. The van der Waals surface area contributed by atoms with Crippen molar-refractivity contribution < 1.29 is 14.4 Å². The molecule has 24 heavy (non-hydrogen) atoms. The molecule has 0 bridgehead atoms. The second-order valence-electron chi connectivity index (χ2n) is 6.70. The van der Waals surface area contributed by atoms with E-state index in [4.69, 9.17) is 9.57 Å². The largest absolute Gasteiger partial charge is 0.449 e. The van der Waals surface area contributed by atoms with E-state index < -0.39 is 0 Å². The zero-order valence-corrected chi connectivity index (χ0v) is 13.7. The van der Waals surface area contributed by atoms with Crippen LogP contribution >= 0.6 is 0 Å². The lowest BCUT2D eigenvalue weighted by Gasteiger charge is -2.21. The van der Waals surface area contributed by atoms with E-state index in [1.165, 1.54) is 5.56 Å². The van der Waals surface area contributed by atoms with E-state index in [2.05, 4.69) is 17.0 Å². The number of ether oxygens (including phenoxy) is 1. The summed E-state index contributed by atoms with van der Waals surface area (Å²) in [5.41, 5.74) is 2.86. The highest BCUT2D eigenvalue weighted by molar-refractivity contribution is 6.03. The van der Waals surface area contributed by atoms with Gasteiger partial charge in [-0.05, 0) is 55.7 Å². The van der Waals surface area contributed by atoms with E-state index in [9.17, 15) is 4.79 Å². The quantitative estimate of drug-likeness (QED) is 0.786. The van der Waals surface area contributed by atoms with Crippen molar-refractivity contribution in [2.24, 2.45) is 17.0 Å². The lowest BCUT2D eigenvalue weighted by atomic mass is 10.0. The normalized spacial score (nSPS) is 24.5. The smallest absolute Gasteiger partial charge is 0.412 e. The fourth-order valence-corrected chi connectivity index (χ4v) is 3.07. The minimum atomic E-state index is -0.362. The van der Waals surface area contributed by atoms with E-state index in [-0.39, 0.29) is 18.2 Å². The van der Waals surface area contributed by atoms with Gasteiger partial charge in [0, 0.05) is 12.1 Å². The van der Waals surface area contributed by atoms with E-state index in [1.807, 2.05) is 31.2 Å². The summed E-state index contributed by atoms with van der Waals surface area (Å²) in [5.74, 6) is 6.86. The third-order valence-corrected chi connectivity index (χ3v) is 4.67. The molecule has 2 atom stereocenters. The fourth-order valence-electron chi connectivity index (χ4n) is 3.07. The topological polar surface area (TPSA) is 51.1 Å². The van der Waals surface area contributed by atoms with Crippen LogP contribution < -0.4 is 0 Å². The standard InChI is InChI=1S/C19H20N2O3/c1-13-3-2-4-14(11-13)7-8-17-16-9-10-21(18(16)24-20-17)19(22)23-12-15-5-6-15/h2-4,11,15-16,18H,5-6,9-10,12H2,1H3. The van der Waals surface area contributed by atoms with E-state index >= 15 is 0 Å². The number of oxime groups is 1. The SMILES string of the molecule is Cc1cccc(C#CC2=NOC3C2CCN3C(=O)OCC2CC2)c1. The Labute approximate surface area is 141 Å². The van der Waals surface area contributed by atoms with Gasteiger partial charge >= 0.3 is 6.09 Å². The van der Waals surface area contributed by atoms with Crippen molar-refractivity contribution in [3.05, 3.63) is 35.4 Å². The van der Waals surface area contributed by atoms with Crippen molar-refractivity contribution in [2.45, 2.75) is 32.4 Å². The first-order chi connectivity index (χ1) is 11.7. The molecule has 4 rings (SSSR count). The Morgan fingerprint density at radius 2 is 2.25 bits per heavy atom. The molecule has 0 N–H and O–H groups in total. The monoisotopic (exact) mass is 324 g/mol. The van der Waals surface area contributed by atoms with Crippen LogP contribution in [0.1, 0.15) is 30.4 Å². The number of nitrogens with zero attached hydrogens (tertiary/aromatic N) is 2. The Morgan fingerprint density at radius 1 is 1.38 bits per heavy atom. The highest BCUT2D eigenvalue weighted by Crippen LogP contribution is 2.33. The van der Waals surface area contributed by atoms with Gasteiger partial charge in [-0.25, -0.2) is 4.79 Å². The predicted octanol–water partition coefficient (Wildman–Crippen LogP) is 2.93. The minimum Gasteiger partial charge on any atom is -0.449 e. The van der Waals surface area contributed by atoms with Gasteiger partial charge in [-0.3, -0.25) is 4.90 Å². The highest BCUT2D eigenvalue weighted by atomic mass is 16.7. The number of carbonyl (C=O) groups excluding carboxylic acids is 1. The molecule has 0 radical (unpaired) electrons. The van der Waals surface area contributed by atoms with Crippen LogP contribution in [0, 0.1) is 30.6 Å². The summed E-state index contributed by atoms with van der Waals surface area (Å²) >= 11 is 0. The number of amides is 1. The first kappa shape index (κ1) is 15.1. The summed E-state index contributed by atoms with van der Waals surface area (Å²) in [6, 6.07) is 8.04. The molecule has 5 heteroatoms. The van der Waals surface area contributed by atoms with Crippen LogP contribution in [0.3, 0.4) is 0 Å². The van der Waals surface area contributed by atoms with Crippen molar-refractivity contribution in [1.82, 2.24) is 4.90 Å². The Kier molecular flexibility index (Phi) is 3.89. The number of carbonyl (C=O) groups is 1. The summed E-state index contributed by atoms with van der Waals surface area (Å²) < 4.78 is 5.36. The van der Waals surface area contributed by atoms with Gasteiger partial charge < -0.3 is 9.57 Å². The van der Waals surface area contributed by atoms with Crippen LogP contribution in [-0.4, -0.2) is 36.1 Å². The van der Waals surface area contributed by atoms with Gasteiger partial charge in [0.05, 0.1) is 12.5 Å². The van der Waals surface area contributed by atoms with Crippen molar-refractivity contribution >= 4 is 11.8 Å². The average Bonchev–Trinajstić information content (AvgIpc) is 3.17. The van der Waals surface area contributed by atoms with Crippen molar-refractivity contribution in [2.75, 3.05) is 13.2 Å². The van der Waals surface area contributed by atoms with Crippen molar-refractivity contribution in [1.29, 1.82) is 0 Å². The lowest BCUT2D eigenvalue weighted by molar-refractivity contribution is -0.0255. The minimum absolute atomic E-state index is 0.0517. The summed E-state index contributed by atoms with van der Waals surface area (Å²) in [5, 5.41) is 4.09. The molecule has 2 fully saturated rings. The molecule has 1 aliphatic carbocycles. The van der Waals surface area contributed by atoms with Crippen LogP contribution in [0.5, 0.6) is 0 Å². The Balaban J connectivity index is 1.40. The van der Waals surface area contributed by atoms with E-state index in [0.717, 1.165) is 30.5 Å². The Hall–Kier alpha value is -2.48. The highest BCUT2D eigenvalue weighted by Gasteiger charge is 2.46. The predicted molar refractivity (Wildman–Crippen MR) is 89.3 cm³/mol. The number of fused-ring (bicyclic) bond motifs is 1. The van der Waals surface area contributed by atoms with Gasteiger partial charge in [0.25, 0.3) is 0 Å². The van der Waals surface area contributed by atoms with Crippen LogP contribution in [0.25, 0.3) is 0 Å². The number of likely N-dealkylation sites (tertiary alicyclic amines) is 1. The van der Waals surface area contributed by atoms with Gasteiger partial charge in [-0.15, -0.1) is 0 Å². The van der Waals surface area contributed by atoms with Crippen molar-refractivity contribution in [3.63, 3.8) is 0 Å². The molecule has 1 saturated heterocycles. The number of rotatable bonds is 2. The fraction of sp³-hybridized carbons (Fsp3) is 0.474. The third-order valence-electron chi connectivity index (χ3n) is 4.67. The summed E-state index contributed by atoms with van der Waals surface area (Å²) in [6.45, 7) is 3.19. The van der Waals surface area contributed by atoms with Gasteiger partial charge in [0.1, 0.15) is 5.71 Å². The Morgan fingerprint density at radius 3 is 3.04 bits per heavy atom. The molecule has 2 heterocycles. The van der Waals surface area contributed by atoms with Crippen LogP contribution in [0.15, 0.2) is 29.4 Å². The zero-order chi connectivity index (χ0) is 16.5. The molecular weight excluding hydrogens is 304 g/mol. The maximum atomic E-state index is 12.2. The molecule has 0 aromatic heterocycles. The lowest BCUT2D eigenvalue weighted by Crippen LogP contribution is -2.38. The van der Waals surface area contributed by atoms with Crippen LogP contribution in [0.4, 0.5) is 4.79 Å². The number of benzene rings is 1. The molecule has 2 aliphatic heterocycles. The molecular formula is C19H20N2O3. The van der Waals surface area contributed by atoms with E-state index in [1.54, 1.807) is 4.90 Å². The molecule has 2 unspecified atom stereocenters. The van der Waals surface area contributed by atoms with Crippen LogP contribution in [0.2, 0.25) is 0 Å². The average molecular weight is 324 g/mol. The molecule has 1 aromatic carbocycles. The second-order valence-corrected chi connectivity index (χ2v) is 6.70. The molecule has 124 valence electrons. The number of hydrogen-bond donors (Lipinski definition) is 0. The third kappa shape index (κ3) is 3.09. The molecule has 1 saturated carbocycles. The molecule has 5 nitrogen and oxygen atoms in total. The van der Waals surface area contributed by atoms with Crippen molar-refractivity contribution in [3.8, 4) is 11.8 Å². The summed E-state index contributed by atoms with van der Waals surface area (Å²) in [6.07, 6.45) is 2.48. The van der Waals surface area contributed by atoms with Gasteiger partial charge in [-0.2, -0.15) is 0 Å². The number of hydrogen-bond acceptors (Lipinski definition) is 4. The van der Waals surface area contributed by atoms with Crippen LogP contribution in [-0.2, 0) is 9.57 Å². The van der Waals surface area contributed by atoms with Gasteiger partial charge in [0.2, 0.25) is 6.23 Å². The summed E-state index contributed by atoms with van der Waals surface area (Å²) in [7, 11) is 0. The second kappa shape index (κ2) is 6.20. The maximum Gasteiger partial charge on any atom is 0.412 e.